The minimum atomic E-state index is -10.7. The molecule has 0 aliphatic rings. The summed E-state index contributed by atoms with van der Waals surface area (Å²) in [6.07, 6.45) is -86.7. The third-order valence-electron chi connectivity index (χ3n) is 4.71. The van der Waals surface area contributed by atoms with Crippen LogP contribution in [0.25, 0.3) is 0 Å². The predicted octanol–water partition coefficient (Wildman–Crippen LogP) is 9.56. The zero-order valence-corrected chi connectivity index (χ0v) is 21.7. The zero-order chi connectivity index (χ0) is 37.7. The first-order valence-corrected chi connectivity index (χ1v) is 12.6. The van der Waals surface area contributed by atoms with Crippen molar-refractivity contribution in [1.29, 1.82) is 0 Å². The van der Waals surface area contributed by atoms with Gasteiger partial charge in [-0.3, -0.25) is 0 Å². The SMILES string of the molecule is FC(F)(F)C(OP(OC(C(F)(F)F)C(F)(F)F)(OC(C(F)(F)F)C(F)(F)F)(OC(C(F)(F)F)C(F)(F)F)c1ccccc1)C(F)(F)F. The van der Waals surface area contributed by atoms with E-state index in [0.717, 1.165) is 0 Å². The molecule has 0 fully saturated rings. The fourth-order valence-electron chi connectivity index (χ4n) is 3.01. The van der Waals surface area contributed by atoms with Crippen LogP contribution in [-0.2, 0) is 18.1 Å². The van der Waals surface area contributed by atoms with E-state index in [1.54, 1.807) is 0 Å². The third kappa shape index (κ3) is 10.4. The monoisotopic (exact) mass is 776 g/mol. The van der Waals surface area contributed by atoms with Gasteiger partial charge in [0, 0.05) is 0 Å². The second kappa shape index (κ2) is 12.6. The molecule has 0 radical (unpaired) electrons. The van der Waals surface area contributed by atoms with Crippen LogP contribution < -0.4 is 5.30 Å². The average molecular weight is 776 g/mol. The van der Waals surface area contributed by atoms with Crippen molar-refractivity contribution in [3.8, 4) is 0 Å². The molecule has 0 aromatic heterocycles. The molecule has 278 valence electrons. The van der Waals surface area contributed by atoms with Gasteiger partial charge in [0.15, 0.2) is 0 Å². The van der Waals surface area contributed by atoms with Crippen LogP contribution in [0.4, 0.5) is 105 Å². The number of halogens is 24. The van der Waals surface area contributed by atoms with Gasteiger partial charge in [-0.05, 0) is 0 Å². The van der Waals surface area contributed by atoms with Gasteiger partial charge in [0.1, 0.15) is 0 Å². The molecule has 0 atom stereocenters. The molecule has 0 heterocycles. The molecule has 0 aliphatic carbocycles. The Kier molecular flexibility index (Phi) is 11.5. The molecule has 0 spiro atoms. The van der Waals surface area contributed by atoms with E-state index in [0.29, 0.717) is 0 Å². The Bertz CT molecular complexity index is 968. The molecule has 0 amide bonds. The van der Waals surface area contributed by atoms with E-state index in [4.69, 9.17) is 0 Å². The van der Waals surface area contributed by atoms with Gasteiger partial charge in [0.2, 0.25) is 0 Å². The molecule has 29 heteroatoms. The van der Waals surface area contributed by atoms with E-state index in [2.05, 4.69) is 18.1 Å². The van der Waals surface area contributed by atoms with Crippen molar-refractivity contribution in [2.45, 2.75) is 73.8 Å². The molecule has 0 saturated heterocycles. The quantitative estimate of drug-likeness (QED) is 0.185. The molecule has 1 aromatic rings. The van der Waals surface area contributed by atoms with Crippen LogP contribution in [0.5, 0.6) is 0 Å². The number of hydrogen-bond acceptors (Lipinski definition) is 4. The first-order chi connectivity index (χ1) is 20.3. The van der Waals surface area contributed by atoms with Crippen LogP contribution in [0.3, 0.4) is 0 Å². The van der Waals surface area contributed by atoms with Crippen molar-refractivity contribution in [3.05, 3.63) is 30.3 Å². The minimum absolute atomic E-state index is 0.172. The van der Waals surface area contributed by atoms with Gasteiger partial charge in [-0.2, -0.15) is 0 Å². The van der Waals surface area contributed by atoms with E-state index >= 15 is 0 Å². The topological polar surface area (TPSA) is 36.9 Å². The first-order valence-electron chi connectivity index (χ1n) is 10.7. The van der Waals surface area contributed by atoms with E-state index < -0.39 is 98.8 Å². The average Bonchev–Trinajstić information content (AvgIpc) is 2.78. The Balaban J connectivity index is 4.93. The molecule has 47 heavy (non-hydrogen) atoms. The zero-order valence-electron chi connectivity index (χ0n) is 20.8. The maximum atomic E-state index is 13.5. The van der Waals surface area contributed by atoms with Gasteiger partial charge in [0.25, 0.3) is 0 Å². The molecule has 0 bridgehead atoms. The summed E-state index contributed by atoms with van der Waals surface area (Å²) in [7, 11) is -10.7. The molecule has 0 aliphatic heterocycles. The summed E-state index contributed by atoms with van der Waals surface area (Å²) in [5.41, 5.74) is 0. The Labute approximate surface area is 241 Å². The third-order valence-corrected chi connectivity index (χ3v) is 8.14. The number of hydrogen-bond donors (Lipinski definition) is 0. The molecule has 0 saturated carbocycles. The van der Waals surface area contributed by atoms with Crippen LogP contribution in [-0.4, -0.2) is 73.8 Å². The van der Waals surface area contributed by atoms with Gasteiger partial charge in [-0.15, -0.1) is 0 Å². The van der Waals surface area contributed by atoms with Crippen LogP contribution in [0.2, 0.25) is 0 Å². The van der Waals surface area contributed by atoms with E-state index in [9.17, 15) is 105 Å². The summed E-state index contributed by atoms with van der Waals surface area (Å²) in [5, 5.41) is -3.16. The van der Waals surface area contributed by atoms with Gasteiger partial charge >= 0.3 is 240 Å². The van der Waals surface area contributed by atoms with Gasteiger partial charge in [-0.25, -0.2) is 0 Å². The normalized spacial score (nSPS) is 16.4. The van der Waals surface area contributed by atoms with Crippen LogP contribution >= 0.6 is 7.51 Å². The standard InChI is InChI=1S/C18H9F24O4P/c19-11(20,21)7(12(22,23)24)43-47(6-4-2-1-3-5-6,44-8(13(25,26)27)14(28,29)30,45-9(15(31,32)33)16(34,35)36)46-10(17(37,38)39)18(40,41)42/h1-5,7-10H. The van der Waals surface area contributed by atoms with Crippen molar-refractivity contribution in [3.63, 3.8) is 0 Å². The molecular formula is C18H9F24O4P. The summed E-state index contributed by atoms with van der Waals surface area (Å²) in [6.45, 7) is 0. The summed E-state index contributed by atoms with van der Waals surface area (Å²) in [5.74, 6) is 0. The summed E-state index contributed by atoms with van der Waals surface area (Å²) < 4.78 is 336. The number of benzene rings is 1. The van der Waals surface area contributed by atoms with E-state index in [-0.39, 0.29) is 18.2 Å². The van der Waals surface area contributed by atoms with E-state index in [1.165, 1.54) is 0 Å². The summed E-state index contributed by atoms with van der Waals surface area (Å²) in [6, 6.07) is -1.68. The van der Waals surface area contributed by atoms with Crippen LogP contribution in [0.1, 0.15) is 0 Å². The Morgan fingerprint density at radius 1 is 0.319 bits per heavy atom. The van der Waals surface area contributed by atoms with Crippen molar-refractivity contribution in [2.75, 3.05) is 0 Å². The fourth-order valence-corrected chi connectivity index (χ4v) is 6.87. The van der Waals surface area contributed by atoms with Crippen molar-refractivity contribution < 1.29 is 123 Å². The number of alkyl halides is 24. The fraction of sp³-hybridized carbons (Fsp3) is 0.667. The van der Waals surface area contributed by atoms with Gasteiger partial charge in [0.05, 0.1) is 0 Å². The van der Waals surface area contributed by atoms with Gasteiger partial charge < -0.3 is 0 Å². The summed E-state index contributed by atoms with van der Waals surface area (Å²) in [4.78, 5) is 0. The first kappa shape index (κ1) is 42.8. The Hall–Kier alpha value is -2.19. The van der Waals surface area contributed by atoms with E-state index in [1.807, 2.05) is 0 Å². The van der Waals surface area contributed by atoms with Gasteiger partial charge in [-0.1, -0.05) is 0 Å². The van der Waals surface area contributed by atoms with Crippen LogP contribution in [0.15, 0.2) is 30.3 Å². The molecule has 1 rings (SSSR count). The second-order valence-corrected chi connectivity index (χ2v) is 11.4. The molecular weight excluding hydrogens is 767 g/mol. The summed E-state index contributed by atoms with van der Waals surface area (Å²) >= 11 is 0. The maximum absolute atomic E-state index is 13.5. The molecule has 0 N–H and O–H groups in total. The van der Waals surface area contributed by atoms with Crippen LogP contribution in [0, 0.1) is 0 Å². The van der Waals surface area contributed by atoms with Crippen molar-refractivity contribution in [1.82, 2.24) is 0 Å². The van der Waals surface area contributed by atoms with Crippen molar-refractivity contribution >= 4 is 12.8 Å². The second-order valence-electron chi connectivity index (χ2n) is 8.42. The molecule has 1 aromatic carbocycles. The Morgan fingerprint density at radius 2 is 0.489 bits per heavy atom. The molecule has 0 unspecified atom stereocenters. The molecule has 4 nitrogen and oxygen atoms in total. The van der Waals surface area contributed by atoms with Crippen molar-refractivity contribution in [2.24, 2.45) is 0 Å². The number of rotatable bonds is 9. The Morgan fingerprint density at radius 3 is 0.638 bits per heavy atom. The predicted molar refractivity (Wildman–Crippen MR) is 101 cm³/mol.